The molecule has 2 aromatic heterocycles. The maximum atomic E-state index is 10.3. The van der Waals surface area contributed by atoms with Crippen LogP contribution in [0.1, 0.15) is 31.4 Å². The van der Waals surface area contributed by atoms with Crippen molar-refractivity contribution in [1.82, 2.24) is 20.1 Å². The highest BCUT2D eigenvalue weighted by molar-refractivity contribution is 5.74. The van der Waals surface area contributed by atoms with Crippen molar-refractivity contribution in [3.63, 3.8) is 0 Å². The van der Waals surface area contributed by atoms with Crippen molar-refractivity contribution in [3.05, 3.63) is 54.4 Å². The number of hydrogen-bond donors (Lipinski definition) is 3. The highest BCUT2D eigenvalue weighted by atomic mass is 16.3. The topological polar surface area (TPSA) is 121 Å². The first-order chi connectivity index (χ1) is 18.5. The highest BCUT2D eigenvalue weighted by Crippen LogP contribution is 2.38. The number of phenols is 1. The van der Waals surface area contributed by atoms with Gasteiger partial charge in [-0.3, -0.25) is 4.90 Å². The predicted octanol–water partition coefficient (Wildman–Crippen LogP) is 2.46. The van der Waals surface area contributed by atoms with Crippen LogP contribution in [0.5, 0.6) is 5.75 Å². The van der Waals surface area contributed by atoms with Crippen molar-refractivity contribution < 1.29 is 5.11 Å². The number of phenolic OH excluding ortho intramolecular Hbond substituents is 1. The number of likely N-dealkylation sites (tertiary alicyclic amines) is 1. The monoisotopic (exact) mass is 510 g/mol. The maximum absolute atomic E-state index is 10.3. The lowest BCUT2D eigenvalue weighted by Crippen LogP contribution is -2.54. The van der Waals surface area contributed by atoms with Crippen LogP contribution in [0, 0.1) is 11.8 Å². The molecule has 2 atom stereocenters. The Morgan fingerprint density at radius 2 is 1.74 bits per heavy atom. The molecule has 9 nitrogen and oxygen atoms in total. The van der Waals surface area contributed by atoms with E-state index in [-0.39, 0.29) is 5.75 Å². The van der Waals surface area contributed by atoms with Crippen molar-refractivity contribution >= 4 is 17.2 Å². The number of nitrogen functional groups attached to an aromatic ring is 1. The van der Waals surface area contributed by atoms with Gasteiger partial charge in [-0.1, -0.05) is 18.1 Å². The van der Waals surface area contributed by atoms with Crippen LogP contribution in [0.4, 0.5) is 17.2 Å². The number of hydrogen-bond acceptors (Lipinski definition) is 9. The molecular formula is C29H34N8O. The number of anilines is 3. The van der Waals surface area contributed by atoms with Gasteiger partial charge in [-0.05, 0) is 61.9 Å². The zero-order valence-electron chi connectivity index (χ0n) is 21.5. The molecule has 38 heavy (non-hydrogen) atoms. The van der Waals surface area contributed by atoms with Gasteiger partial charge in [0.15, 0.2) is 5.82 Å². The van der Waals surface area contributed by atoms with Crippen LogP contribution in [-0.4, -0.2) is 76.0 Å². The largest absolute Gasteiger partial charge is 0.507 e. The van der Waals surface area contributed by atoms with Crippen molar-refractivity contribution in [2.45, 2.75) is 43.8 Å². The third kappa shape index (κ3) is 4.97. The number of nitrogens with two attached hydrogens (primary N) is 2. The van der Waals surface area contributed by atoms with E-state index in [4.69, 9.17) is 11.5 Å². The van der Waals surface area contributed by atoms with E-state index in [9.17, 15) is 5.11 Å². The summed E-state index contributed by atoms with van der Waals surface area (Å²) in [5.74, 6) is 7.18. The minimum absolute atomic E-state index is 0.180. The maximum Gasteiger partial charge on any atom is 0.169 e. The number of aromatic nitrogens is 3. The normalized spacial score (nSPS) is 21.8. The summed E-state index contributed by atoms with van der Waals surface area (Å²) >= 11 is 0. The molecule has 0 spiro atoms. The lowest BCUT2D eigenvalue weighted by molar-refractivity contribution is 0.236. The van der Waals surface area contributed by atoms with Gasteiger partial charge in [0.25, 0.3) is 0 Å². The van der Waals surface area contributed by atoms with Gasteiger partial charge in [-0.2, -0.15) is 0 Å². The van der Waals surface area contributed by atoms with E-state index in [2.05, 4.69) is 53.9 Å². The fourth-order valence-corrected chi connectivity index (χ4v) is 5.99. The summed E-state index contributed by atoms with van der Waals surface area (Å²) in [6.07, 6.45) is 6.19. The number of piperidine rings is 1. The predicted molar refractivity (Wildman–Crippen MR) is 150 cm³/mol. The Kier molecular flexibility index (Phi) is 6.75. The molecule has 0 saturated carbocycles. The molecule has 1 aromatic carbocycles. The van der Waals surface area contributed by atoms with Crippen molar-refractivity contribution in [2.75, 3.05) is 48.3 Å². The summed E-state index contributed by atoms with van der Waals surface area (Å²) in [5, 5.41) is 18.8. The minimum atomic E-state index is 0.180. The van der Waals surface area contributed by atoms with Crippen molar-refractivity contribution in [3.8, 4) is 28.8 Å². The number of aromatic hydroxyl groups is 1. The van der Waals surface area contributed by atoms with Gasteiger partial charge in [0.2, 0.25) is 0 Å². The smallest absolute Gasteiger partial charge is 0.169 e. The van der Waals surface area contributed by atoms with Crippen LogP contribution in [0.2, 0.25) is 0 Å². The fraction of sp³-hybridized carbons (Fsp3) is 0.414. The molecule has 3 aliphatic heterocycles. The molecule has 3 aromatic rings. The summed E-state index contributed by atoms with van der Waals surface area (Å²) in [5.41, 5.74) is 16.4. The van der Waals surface area contributed by atoms with E-state index in [0.29, 0.717) is 35.2 Å². The van der Waals surface area contributed by atoms with E-state index >= 15 is 0 Å². The average molecular weight is 511 g/mol. The average Bonchev–Trinajstić information content (AvgIpc) is 3.20. The van der Waals surface area contributed by atoms with Crippen molar-refractivity contribution in [1.29, 1.82) is 0 Å². The zero-order chi connectivity index (χ0) is 26.1. The number of pyridine rings is 1. The van der Waals surface area contributed by atoms with E-state index in [1.165, 1.54) is 5.69 Å². The Bertz CT molecular complexity index is 1350. The Morgan fingerprint density at radius 3 is 2.50 bits per heavy atom. The van der Waals surface area contributed by atoms with Crippen LogP contribution >= 0.6 is 0 Å². The molecule has 6 rings (SSSR count). The molecule has 3 fully saturated rings. The Hall–Kier alpha value is -3.87. The first-order valence-electron chi connectivity index (χ1n) is 13.4. The van der Waals surface area contributed by atoms with Crippen LogP contribution in [0.3, 0.4) is 0 Å². The molecule has 5 N–H and O–H groups in total. The van der Waals surface area contributed by atoms with Gasteiger partial charge in [0.05, 0.1) is 17.9 Å². The number of fused-ring (bicyclic) bond motifs is 2. The van der Waals surface area contributed by atoms with Crippen LogP contribution < -0.4 is 21.3 Å². The van der Waals surface area contributed by atoms with E-state index in [0.717, 1.165) is 69.8 Å². The molecule has 3 saturated heterocycles. The third-order valence-electron chi connectivity index (χ3n) is 8.00. The van der Waals surface area contributed by atoms with Crippen LogP contribution in [0.25, 0.3) is 11.3 Å². The Morgan fingerprint density at radius 1 is 0.974 bits per heavy atom. The third-order valence-corrected chi connectivity index (χ3v) is 8.00. The molecule has 5 heterocycles. The van der Waals surface area contributed by atoms with Gasteiger partial charge < -0.3 is 26.4 Å². The highest BCUT2D eigenvalue weighted by Gasteiger charge is 2.40. The van der Waals surface area contributed by atoms with Crippen LogP contribution in [-0.2, 0) is 0 Å². The Labute approximate surface area is 223 Å². The summed E-state index contributed by atoms with van der Waals surface area (Å²) in [4.78, 5) is 11.7. The van der Waals surface area contributed by atoms with E-state index < -0.39 is 0 Å². The standard InChI is InChI=1S/C29H34N8O/c30-20-10-14-35(15-11-20)13-3-4-21-16-22(9-12-32-21)37-23-7-8-24(37)19-36(18-23)27-17-26(33-34-29(27)31)25-5-1-2-6-28(25)38/h1-2,5-6,9,12,16-17,20,23-24,38H,7-8,10-11,13-15,18-19,30H2,(H2,31,34). The number of para-hydroxylation sites is 1. The van der Waals surface area contributed by atoms with Gasteiger partial charge in [0.1, 0.15) is 11.4 Å². The quantitative estimate of drug-likeness (QED) is 0.455. The number of nitrogens with zero attached hydrogens (tertiary/aromatic N) is 6. The molecule has 0 radical (unpaired) electrons. The first-order valence-corrected chi connectivity index (χ1v) is 13.4. The molecular weight excluding hydrogens is 476 g/mol. The van der Waals surface area contributed by atoms with Crippen LogP contribution in [0.15, 0.2) is 48.7 Å². The molecule has 3 aliphatic rings. The van der Waals surface area contributed by atoms with E-state index in [1.807, 2.05) is 24.4 Å². The second-order valence-corrected chi connectivity index (χ2v) is 10.5. The summed E-state index contributed by atoms with van der Waals surface area (Å²) < 4.78 is 0. The molecule has 196 valence electrons. The SMILES string of the molecule is Nc1nnc(-c2ccccc2O)cc1N1CC2CCC(C1)N2c1ccnc(C#CCN2CCC(N)CC2)c1. The van der Waals surface area contributed by atoms with E-state index in [1.54, 1.807) is 12.1 Å². The summed E-state index contributed by atoms with van der Waals surface area (Å²) in [6.45, 7) is 4.47. The zero-order valence-corrected chi connectivity index (χ0v) is 21.5. The second kappa shape index (κ2) is 10.5. The van der Waals surface area contributed by atoms with Gasteiger partial charge in [-0.15, -0.1) is 10.2 Å². The first kappa shape index (κ1) is 24.5. The summed E-state index contributed by atoms with van der Waals surface area (Å²) in [6, 6.07) is 14.4. The number of piperazine rings is 1. The van der Waals surface area contributed by atoms with Gasteiger partial charge >= 0.3 is 0 Å². The lowest BCUT2D eigenvalue weighted by atomic mass is 10.1. The Balaban J connectivity index is 1.17. The number of rotatable bonds is 4. The molecule has 0 aliphatic carbocycles. The molecule has 2 bridgehead atoms. The van der Waals surface area contributed by atoms with Crippen molar-refractivity contribution in [2.24, 2.45) is 5.73 Å². The van der Waals surface area contributed by atoms with Gasteiger partial charge in [-0.25, -0.2) is 4.98 Å². The molecule has 0 amide bonds. The number of benzene rings is 1. The second-order valence-electron chi connectivity index (χ2n) is 10.5. The lowest BCUT2D eigenvalue weighted by Gasteiger charge is -2.43. The molecule has 9 heteroatoms. The van der Waals surface area contributed by atoms with Gasteiger partial charge in [0, 0.05) is 61.8 Å². The molecule has 2 unspecified atom stereocenters. The fourth-order valence-electron chi connectivity index (χ4n) is 5.99. The minimum Gasteiger partial charge on any atom is -0.507 e. The summed E-state index contributed by atoms with van der Waals surface area (Å²) in [7, 11) is 0.